The first-order valence-electron chi connectivity index (χ1n) is 10.7. The highest BCUT2D eigenvalue weighted by molar-refractivity contribution is 7.99. The Morgan fingerprint density at radius 1 is 1.03 bits per heavy atom. The first kappa shape index (κ1) is 23.7. The number of carbonyl (C=O) groups excluding carboxylic acids is 2. The van der Waals surface area contributed by atoms with E-state index in [0.29, 0.717) is 29.4 Å². The Hall–Kier alpha value is -3.43. The number of hydrogen-bond acceptors (Lipinski definition) is 7. The maximum absolute atomic E-state index is 12.7. The molecular formula is C25H24N4O3S2. The number of aromatic nitrogens is 3. The molecule has 1 N–H and O–H groups in total. The fraction of sp³-hybridized carbons (Fsp3) is 0.200. The number of thioether (sulfide) groups is 1. The number of aryl methyl sites for hydroxylation is 1. The second kappa shape index (κ2) is 11.6. The molecule has 2 aromatic heterocycles. The molecule has 0 saturated carbocycles. The van der Waals surface area contributed by atoms with Crippen LogP contribution in [0.25, 0.3) is 0 Å². The lowest BCUT2D eigenvalue weighted by atomic mass is 10.1. The number of methoxy groups -OCH3 is 1. The maximum Gasteiger partial charge on any atom is 0.339 e. The zero-order valence-electron chi connectivity index (χ0n) is 18.6. The molecule has 7 nitrogen and oxygen atoms in total. The summed E-state index contributed by atoms with van der Waals surface area (Å²) in [4.78, 5) is 25.8. The minimum absolute atomic E-state index is 0.137. The van der Waals surface area contributed by atoms with Crippen LogP contribution in [0, 0.1) is 0 Å². The lowest BCUT2D eigenvalue weighted by Gasteiger charge is -2.11. The third kappa shape index (κ3) is 6.12. The molecule has 1 amide bonds. The van der Waals surface area contributed by atoms with E-state index in [1.807, 2.05) is 29.6 Å². The summed E-state index contributed by atoms with van der Waals surface area (Å²) in [6, 6.07) is 21.1. The van der Waals surface area contributed by atoms with Crippen molar-refractivity contribution >= 4 is 40.7 Å². The number of nitrogens with one attached hydrogen (secondary N) is 1. The number of hydrogen-bond donors (Lipinski definition) is 1. The molecular weight excluding hydrogens is 468 g/mol. The second-order valence-corrected chi connectivity index (χ2v) is 9.39. The van der Waals surface area contributed by atoms with E-state index >= 15 is 0 Å². The van der Waals surface area contributed by atoms with E-state index in [9.17, 15) is 9.59 Å². The fourth-order valence-corrected chi connectivity index (χ4v) is 4.92. The van der Waals surface area contributed by atoms with Crippen LogP contribution in [-0.2, 0) is 28.9 Å². The van der Waals surface area contributed by atoms with Gasteiger partial charge in [-0.1, -0.05) is 60.3 Å². The maximum atomic E-state index is 12.7. The SMILES string of the molecule is COC(=O)c1ccccc1NC(=O)CSc1nnc(Cc2cccs2)n1CCc1ccccc1. The number of thiophene rings is 1. The van der Waals surface area contributed by atoms with Crippen molar-refractivity contribution in [2.45, 2.75) is 24.5 Å². The third-order valence-electron chi connectivity index (χ3n) is 5.11. The van der Waals surface area contributed by atoms with Crippen LogP contribution in [0.4, 0.5) is 5.69 Å². The third-order valence-corrected chi connectivity index (χ3v) is 6.95. The Morgan fingerprint density at radius 3 is 2.59 bits per heavy atom. The predicted octanol–water partition coefficient (Wildman–Crippen LogP) is 4.69. The monoisotopic (exact) mass is 492 g/mol. The van der Waals surface area contributed by atoms with Gasteiger partial charge in [-0.05, 0) is 35.6 Å². The van der Waals surface area contributed by atoms with E-state index in [-0.39, 0.29) is 11.7 Å². The van der Waals surface area contributed by atoms with E-state index in [1.165, 1.54) is 29.3 Å². The zero-order chi connectivity index (χ0) is 23.8. The van der Waals surface area contributed by atoms with Gasteiger partial charge in [0.25, 0.3) is 0 Å². The van der Waals surface area contributed by atoms with Crippen molar-refractivity contribution in [2.75, 3.05) is 18.2 Å². The van der Waals surface area contributed by atoms with E-state index < -0.39 is 5.97 Å². The summed E-state index contributed by atoms with van der Waals surface area (Å²) in [6.45, 7) is 0.715. The van der Waals surface area contributed by atoms with Gasteiger partial charge >= 0.3 is 5.97 Å². The van der Waals surface area contributed by atoms with Crippen LogP contribution < -0.4 is 5.32 Å². The smallest absolute Gasteiger partial charge is 0.339 e. The molecule has 2 aromatic carbocycles. The van der Waals surface area contributed by atoms with Gasteiger partial charge in [0.1, 0.15) is 5.82 Å². The molecule has 0 aliphatic heterocycles. The van der Waals surface area contributed by atoms with Crippen LogP contribution in [-0.4, -0.2) is 39.5 Å². The molecule has 0 aliphatic carbocycles. The summed E-state index contributed by atoms with van der Waals surface area (Å²) in [5.41, 5.74) is 1.96. The molecule has 0 bridgehead atoms. The average molecular weight is 493 g/mol. The quantitative estimate of drug-likeness (QED) is 0.255. The van der Waals surface area contributed by atoms with Crippen molar-refractivity contribution in [3.05, 3.63) is 93.9 Å². The fourth-order valence-electron chi connectivity index (χ4n) is 3.43. The zero-order valence-corrected chi connectivity index (χ0v) is 20.3. The van der Waals surface area contributed by atoms with Crippen LogP contribution in [0.5, 0.6) is 0 Å². The van der Waals surface area contributed by atoms with Crippen LogP contribution in [0.3, 0.4) is 0 Å². The van der Waals surface area contributed by atoms with E-state index in [0.717, 1.165) is 12.2 Å². The number of benzene rings is 2. The summed E-state index contributed by atoms with van der Waals surface area (Å²) < 4.78 is 6.89. The van der Waals surface area contributed by atoms with Crippen LogP contribution >= 0.6 is 23.1 Å². The Morgan fingerprint density at radius 2 is 1.82 bits per heavy atom. The first-order valence-corrected chi connectivity index (χ1v) is 12.6. The van der Waals surface area contributed by atoms with Crippen molar-refractivity contribution in [3.63, 3.8) is 0 Å². The van der Waals surface area contributed by atoms with Crippen molar-refractivity contribution in [1.29, 1.82) is 0 Å². The summed E-state index contributed by atoms with van der Waals surface area (Å²) in [5, 5.41) is 14.3. The second-order valence-electron chi connectivity index (χ2n) is 7.42. The summed E-state index contributed by atoms with van der Waals surface area (Å²) >= 11 is 3.01. The number of anilines is 1. The number of rotatable bonds is 10. The van der Waals surface area contributed by atoms with Gasteiger partial charge in [0.05, 0.1) is 24.1 Å². The van der Waals surface area contributed by atoms with E-state index in [2.05, 4.69) is 38.3 Å². The molecule has 4 rings (SSSR count). The van der Waals surface area contributed by atoms with Gasteiger partial charge in [0.15, 0.2) is 5.16 Å². The standard InChI is InChI=1S/C25H24N4O3S2/c1-32-24(31)20-11-5-6-12-21(20)26-23(30)17-34-25-28-27-22(16-19-10-7-15-33-19)29(25)14-13-18-8-3-2-4-9-18/h2-12,15H,13-14,16-17H2,1H3,(H,26,30). The van der Waals surface area contributed by atoms with Gasteiger partial charge < -0.3 is 14.6 Å². The molecule has 0 aliphatic rings. The summed E-state index contributed by atoms with van der Waals surface area (Å²) in [5.74, 6) is 0.274. The van der Waals surface area contributed by atoms with Crippen molar-refractivity contribution in [2.24, 2.45) is 0 Å². The van der Waals surface area contributed by atoms with Crippen LogP contribution in [0.15, 0.2) is 77.3 Å². The topological polar surface area (TPSA) is 86.1 Å². The van der Waals surface area contributed by atoms with Gasteiger partial charge in [0.2, 0.25) is 5.91 Å². The van der Waals surface area contributed by atoms with Gasteiger partial charge in [-0.3, -0.25) is 4.79 Å². The Labute approximate surface area is 206 Å². The highest BCUT2D eigenvalue weighted by Gasteiger charge is 2.17. The molecule has 4 aromatic rings. The van der Waals surface area contributed by atoms with Gasteiger partial charge in [-0.15, -0.1) is 21.5 Å². The molecule has 0 atom stereocenters. The van der Waals surface area contributed by atoms with E-state index in [1.54, 1.807) is 35.6 Å². The number of carbonyl (C=O) groups is 2. The van der Waals surface area contributed by atoms with Gasteiger partial charge in [-0.25, -0.2) is 4.79 Å². The van der Waals surface area contributed by atoms with Crippen molar-refractivity contribution in [1.82, 2.24) is 14.8 Å². The number of para-hydroxylation sites is 1. The number of ether oxygens (including phenoxy) is 1. The van der Waals surface area contributed by atoms with Crippen LogP contribution in [0.1, 0.15) is 26.6 Å². The number of amides is 1. The first-order chi connectivity index (χ1) is 16.6. The summed E-state index contributed by atoms with van der Waals surface area (Å²) in [6.07, 6.45) is 1.53. The van der Waals surface area contributed by atoms with Crippen molar-refractivity contribution < 1.29 is 14.3 Å². The molecule has 0 fully saturated rings. The minimum atomic E-state index is -0.498. The Kier molecular flexibility index (Phi) is 8.11. The molecule has 34 heavy (non-hydrogen) atoms. The molecule has 174 valence electrons. The lowest BCUT2D eigenvalue weighted by Crippen LogP contribution is -2.17. The average Bonchev–Trinajstić information content (AvgIpc) is 3.52. The van der Waals surface area contributed by atoms with Gasteiger partial charge in [-0.2, -0.15) is 0 Å². The van der Waals surface area contributed by atoms with E-state index in [4.69, 9.17) is 4.74 Å². The molecule has 0 spiro atoms. The Bertz CT molecular complexity index is 1240. The molecule has 0 saturated heterocycles. The van der Waals surface area contributed by atoms with Crippen molar-refractivity contribution in [3.8, 4) is 0 Å². The van der Waals surface area contributed by atoms with Crippen LogP contribution in [0.2, 0.25) is 0 Å². The summed E-state index contributed by atoms with van der Waals surface area (Å²) in [7, 11) is 1.31. The Balaban J connectivity index is 1.46. The highest BCUT2D eigenvalue weighted by atomic mass is 32.2. The number of esters is 1. The number of nitrogens with zero attached hydrogens (tertiary/aromatic N) is 3. The minimum Gasteiger partial charge on any atom is -0.465 e. The van der Waals surface area contributed by atoms with Gasteiger partial charge in [0, 0.05) is 17.8 Å². The molecule has 2 heterocycles. The predicted molar refractivity (Wildman–Crippen MR) is 134 cm³/mol. The molecule has 9 heteroatoms. The normalized spacial score (nSPS) is 10.7. The largest absolute Gasteiger partial charge is 0.465 e. The highest BCUT2D eigenvalue weighted by Crippen LogP contribution is 2.22. The molecule has 0 radical (unpaired) electrons. The molecule has 0 unspecified atom stereocenters. The lowest BCUT2D eigenvalue weighted by molar-refractivity contribution is -0.113.